The standard InChI is InChI=1S/C21H30ClN3O2/c1-17-4-2-3-11-25(17)21(27)16-23-12-14-24(15-13-23)20(26)10-7-18-5-8-19(22)9-6-18/h5-6,8-9,17H,2-4,7,10-16H2,1H3. The van der Waals surface area contributed by atoms with Crippen LogP contribution in [0, 0.1) is 0 Å². The molecule has 3 rings (SSSR count). The highest BCUT2D eigenvalue weighted by Gasteiger charge is 2.27. The van der Waals surface area contributed by atoms with Crippen LogP contribution in [0.2, 0.25) is 5.02 Å². The van der Waals surface area contributed by atoms with E-state index < -0.39 is 0 Å². The lowest BCUT2D eigenvalue weighted by Gasteiger charge is -2.38. The Morgan fingerprint density at radius 2 is 1.70 bits per heavy atom. The molecule has 0 spiro atoms. The molecule has 27 heavy (non-hydrogen) atoms. The number of benzene rings is 1. The maximum absolute atomic E-state index is 12.6. The van der Waals surface area contributed by atoms with E-state index in [9.17, 15) is 9.59 Å². The summed E-state index contributed by atoms with van der Waals surface area (Å²) in [7, 11) is 0. The fraction of sp³-hybridized carbons (Fsp3) is 0.619. The van der Waals surface area contributed by atoms with Gasteiger partial charge in [0.1, 0.15) is 0 Å². The summed E-state index contributed by atoms with van der Waals surface area (Å²) in [4.78, 5) is 31.2. The summed E-state index contributed by atoms with van der Waals surface area (Å²) in [6.07, 6.45) is 4.71. The van der Waals surface area contributed by atoms with E-state index in [4.69, 9.17) is 11.6 Å². The average molecular weight is 392 g/mol. The quantitative estimate of drug-likeness (QED) is 0.775. The summed E-state index contributed by atoms with van der Waals surface area (Å²) in [5, 5.41) is 0.717. The molecule has 0 saturated carbocycles. The minimum atomic E-state index is 0.195. The Balaban J connectivity index is 1.39. The van der Waals surface area contributed by atoms with Crippen LogP contribution < -0.4 is 0 Å². The van der Waals surface area contributed by atoms with E-state index in [2.05, 4.69) is 11.8 Å². The van der Waals surface area contributed by atoms with Crippen LogP contribution in [0.15, 0.2) is 24.3 Å². The predicted molar refractivity (Wildman–Crippen MR) is 108 cm³/mol. The summed E-state index contributed by atoms with van der Waals surface area (Å²) >= 11 is 5.90. The molecule has 2 aliphatic heterocycles. The Bertz CT molecular complexity index is 641. The van der Waals surface area contributed by atoms with Crippen molar-refractivity contribution in [3.63, 3.8) is 0 Å². The topological polar surface area (TPSA) is 43.9 Å². The van der Waals surface area contributed by atoms with Crippen molar-refractivity contribution in [3.05, 3.63) is 34.9 Å². The Hall–Kier alpha value is -1.59. The molecule has 2 saturated heterocycles. The number of piperidine rings is 1. The van der Waals surface area contributed by atoms with Crippen molar-refractivity contribution in [2.24, 2.45) is 0 Å². The van der Waals surface area contributed by atoms with Gasteiger partial charge in [-0.2, -0.15) is 0 Å². The molecule has 2 fully saturated rings. The monoisotopic (exact) mass is 391 g/mol. The largest absolute Gasteiger partial charge is 0.340 e. The molecule has 1 aromatic rings. The van der Waals surface area contributed by atoms with E-state index in [1.807, 2.05) is 34.1 Å². The number of nitrogens with zero attached hydrogens (tertiary/aromatic N) is 3. The van der Waals surface area contributed by atoms with Crippen LogP contribution in [0.5, 0.6) is 0 Å². The zero-order valence-electron chi connectivity index (χ0n) is 16.2. The second-order valence-corrected chi connectivity index (χ2v) is 8.15. The van der Waals surface area contributed by atoms with Gasteiger partial charge in [0, 0.05) is 50.2 Å². The number of rotatable bonds is 5. The molecule has 2 amide bonds. The van der Waals surface area contributed by atoms with Gasteiger partial charge in [-0.25, -0.2) is 0 Å². The molecule has 0 bridgehead atoms. The Kier molecular flexibility index (Phi) is 7.13. The number of piperazine rings is 1. The third-order valence-corrected chi connectivity index (χ3v) is 6.00. The van der Waals surface area contributed by atoms with Crippen LogP contribution in [-0.4, -0.2) is 71.8 Å². The first kappa shape index (κ1) is 20.2. The molecule has 0 N–H and O–H groups in total. The maximum atomic E-state index is 12.6. The van der Waals surface area contributed by atoms with Crippen LogP contribution in [0.1, 0.15) is 38.2 Å². The molecule has 2 aliphatic rings. The second kappa shape index (κ2) is 9.56. The van der Waals surface area contributed by atoms with Gasteiger partial charge in [0.25, 0.3) is 0 Å². The minimum Gasteiger partial charge on any atom is -0.340 e. The van der Waals surface area contributed by atoms with Crippen LogP contribution in [0.3, 0.4) is 0 Å². The number of hydrogen-bond donors (Lipinski definition) is 0. The lowest BCUT2D eigenvalue weighted by Crippen LogP contribution is -2.53. The smallest absolute Gasteiger partial charge is 0.236 e. The molecule has 2 heterocycles. The van der Waals surface area contributed by atoms with Gasteiger partial charge >= 0.3 is 0 Å². The van der Waals surface area contributed by atoms with Gasteiger partial charge in [-0.05, 0) is 50.3 Å². The van der Waals surface area contributed by atoms with Crippen LogP contribution in [0.4, 0.5) is 0 Å². The van der Waals surface area contributed by atoms with Gasteiger partial charge in [-0.3, -0.25) is 14.5 Å². The summed E-state index contributed by atoms with van der Waals surface area (Å²) in [6.45, 7) is 6.50. The highest BCUT2D eigenvalue weighted by atomic mass is 35.5. The van der Waals surface area contributed by atoms with Crippen molar-refractivity contribution in [1.29, 1.82) is 0 Å². The minimum absolute atomic E-state index is 0.195. The van der Waals surface area contributed by atoms with E-state index in [1.54, 1.807) is 0 Å². The highest BCUT2D eigenvalue weighted by Crippen LogP contribution is 2.17. The van der Waals surface area contributed by atoms with E-state index in [-0.39, 0.29) is 11.8 Å². The Morgan fingerprint density at radius 1 is 1.00 bits per heavy atom. The van der Waals surface area contributed by atoms with E-state index in [1.165, 1.54) is 6.42 Å². The molecule has 0 radical (unpaired) electrons. The zero-order valence-corrected chi connectivity index (χ0v) is 17.0. The van der Waals surface area contributed by atoms with Crippen molar-refractivity contribution in [1.82, 2.24) is 14.7 Å². The predicted octanol–water partition coefficient (Wildman–Crippen LogP) is 2.82. The van der Waals surface area contributed by atoms with E-state index in [0.717, 1.165) is 49.5 Å². The maximum Gasteiger partial charge on any atom is 0.236 e. The molecule has 148 valence electrons. The average Bonchev–Trinajstić information content (AvgIpc) is 2.68. The van der Waals surface area contributed by atoms with Gasteiger partial charge < -0.3 is 9.80 Å². The van der Waals surface area contributed by atoms with Crippen molar-refractivity contribution in [2.75, 3.05) is 39.3 Å². The van der Waals surface area contributed by atoms with Gasteiger partial charge in [0.2, 0.25) is 11.8 Å². The number of hydrogen-bond acceptors (Lipinski definition) is 3. The van der Waals surface area contributed by atoms with Gasteiger partial charge in [0.05, 0.1) is 6.54 Å². The number of carbonyl (C=O) groups excluding carboxylic acids is 2. The van der Waals surface area contributed by atoms with Crippen molar-refractivity contribution in [2.45, 2.75) is 45.1 Å². The zero-order chi connectivity index (χ0) is 19.2. The third kappa shape index (κ3) is 5.69. The second-order valence-electron chi connectivity index (χ2n) is 7.72. The summed E-state index contributed by atoms with van der Waals surface area (Å²) in [5.74, 6) is 0.435. The van der Waals surface area contributed by atoms with Gasteiger partial charge in [-0.15, -0.1) is 0 Å². The van der Waals surface area contributed by atoms with E-state index >= 15 is 0 Å². The molecule has 6 heteroatoms. The summed E-state index contributed by atoms with van der Waals surface area (Å²) < 4.78 is 0. The lowest BCUT2D eigenvalue weighted by molar-refractivity contribution is -0.137. The molecule has 1 unspecified atom stereocenters. The first-order chi connectivity index (χ1) is 13.0. The van der Waals surface area contributed by atoms with Gasteiger partial charge in [0.15, 0.2) is 0 Å². The normalized spacial score (nSPS) is 21.3. The molecular weight excluding hydrogens is 362 g/mol. The number of halogens is 1. The van der Waals surface area contributed by atoms with Crippen molar-refractivity contribution < 1.29 is 9.59 Å². The molecule has 0 aromatic heterocycles. The van der Waals surface area contributed by atoms with Gasteiger partial charge in [-0.1, -0.05) is 23.7 Å². The fourth-order valence-corrected chi connectivity index (χ4v) is 4.09. The molecule has 0 aliphatic carbocycles. The first-order valence-corrected chi connectivity index (χ1v) is 10.4. The number of likely N-dealkylation sites (tertiary alicyclic amines) is 1. The SMILES string of the molecule is CC1CCCCN1C(=O)CN1CCN(C(=O)CCc2ccc(Cl)cc2)CC1. The van der Waals surface area contributed by atoms with Crippen molar-refractivity contribution in [3.8, 4) is 0 Å². The van der Waals surface area contributed by atoms with Crippen LogP contribution in [0.25, 0.3) is 0 Å². The molecule has 1 aromatic carbocycles. The number of aryl methyl sites for hydroxylation is 1. The third-order valence-electron chi connectivity index (χ3n) is 5.75. The lowest BCUT2D eigenvalue weighted by atomic mass is 10.0. The molecule has 5 nitrogen and oxygen atoms in total. The van der Waals surface area contributed by atoms with Crippen LogP contribution in [-0.2, 0) is 16.0 Å². The van der Waals surface area contributed by atoms with E-state index in [0.29, 0.717) is 32.1 Å². The fourth-order valence-electron chi connectivity index (χ4n) is 3.97. The number of carbonyl (C=O) groups is 2. The Labute approximate surface area is 167 Å². The summed E-state index contributed by atoms with van der Waals surface area (Å²) in [5.41, 5.74) is 1.13. The summed E-state index contributed by atoms with van der Waals surface area (Å²) in [6, 6.07) is 8.03. The Morgan fingerprint density at radius 3 is 2.37 bits per heavy atom. The number of amides is 2. The van der Waals surface area contributed by atoms with Crippen molar-refractivity contribution >= 4 is 23.4 Å². The van der Waals surface area contributed by atoms with Crippen LogP contribution >= 0.6 is 11.6 Å². The molecular formula is C21H30ClN3O2. The first-order valence-electron chi connectivity index (χ1n) is 10.1. The highest BCUT2D eigenvalue weighted by molar-refractivity contribution is 6.30. The molecule has 1 atom stereocenters.